The van der Waals surface area contributed by atoms with E-state index in [1.807, 2.05) is 42.5 Å². The lowest BCUT2D eigenvalue weighted by atomic mass is 9.85. The standard InChI is InChI=1S/C21H22N2O2/c1-21(2)13-16-11-19(24-3)20(12-17(16)18(23-21)9-10-22)25-14-15-7-5-4-6-8-15/h4-9,11-12,23H,13-14H2,1-3H3. The van der Waals surface area contributed by atoms with Crippen LogP contribution >= 0.6 is 0 Å². The summed E-state index contributed by atoms with van der Waals surface area (Å²) in [5, 5.41) is 12.5. The van der Waals surface area contributed by atoms with Crippen molar-refractivity contribution in [2.24, 2.45) is 0 Å². The summed E-state index contributed by atoms with van der Waals surface area (Å²) in [5.74, 6) is 1.39. The Hall–Kier alpha value is -2.93. The fourth-order valence-corrected chi connectivity index (χ4v) is 3.14. The number of rotatable bonds is 4. The lowest BCUT2D eigenvalue weighted by Gasteiger charge is -2.35. The second-order valence-electron chi connectivity index (χ2n) is 6.81. The molecule has 25 heavy (non-hydrogen) atoms. The molecule has 0 atom stereocenters. The molecule has 0 spiro atoms. The maximum Gasteiger partial charge on any atom is 0.162 e. The molecule has 1 heterocycles. The monoisotopic (exact) mass is 334 g/mol. The normalized spacial score (nSPS) is 16.5. The number of ether oxygens (including phenoxy) is 2. The highest BCUT2D eigenvalue weighted by Gasteiger charge is 2.29. The second kappa shape index (κ2) is 6.90. The first-order chi connectivity index (χ1) is 12.0. The zero-order valence-electron chi connectivity index (χ0n) is 14.8. The topological polar surface area (TPSA) is 54.3 Å². The summed E-state index contributed by atoms with van der Waals surface area (Å²) in [6.45, 7) is 4.70. The molecule has 1 N–H and O–H groups in total. The fourth-order valence-electron chi connectivity index (χ4n) is 3.14. The molecule has 4 nitrogen and oxygen atoms in total. The summed E-state index contributed by atoms with van der Waals surface area (Å²) in [7, 11) is 1.65. The average Bonchev–Trinajstić information content (AvgIpc) is 2.59. The van der Waals surface area contributed by atoms with E-state index < -0.39 is 0 Å². The van der Waals surface area contributed by atoms with Gasteiger partial charge in [-0.25, -0.2) is 0 Å². The Morgan fingerprint density at radius 1 is 1.20 bits per heavy atom. The van der Waals surface area contributed by atoms with Gasteiger partial charge in [0.05, 0.1) is 18.9 Å². The van der Waals surface area contributed by atoms with Gasteiger partial charge in [-0.15, -0.1) is 0 Å². The van der Waals surface area contributed by atoms with E-state index in [-0.39, 0.29) is 5.54 Å². The van der Waals surface area contributed by atoms with Crippen LogP contribution in [0.25, 0.3) is 5.70 Å². The number of nitriles is 1. The van der Waals surface area contributed by atoms with E-state index in [9.17, 15) is 0 Å². The van der Waals surface area contributed by atoms with E-state index in [1.54, 1.807) is 13.2 Å². The number of fused-ring (bicyclic) bond motifs is 1. The molecule has 0 bridgehead atoms. The Balaban J connectivity index is 1.96. The Morgan fingerprint density at radius 2 is 1.96 bits per heavy atom. The van der Waals surface area contributed by atoms with Crippen LogP contribution in [0.2, 0.25) is 0 Å². The molecular weight excluding hydrogens is 312 g/mol. The number of methoxy groups -OCH3 is 1. The van der Waals surface area contributed by atoms with Crippen LogP contribution in [0.5, 0.6) is 11.5 Å². The van der Waals surface area contributed by atoms with Crippen molar-refractivity contribution in [3.05, 3.63) is 65.2 Å². The quantitative estimate of drug-likeness (QED) is 0.857. The highest BCUT2D eigenvalue weighted by molar-refractivity contribution is 5.74. The third-order valence-electron chi connectivity index (χ3n) is 4.23. The molecule has 128 valence electrons. The molecule has 0 unspecified atom stereocenters. The van der Waals surface area contributed by atoms with Gasteiger partial charge in [0.1, 0.15) is 6.61 Å². The Labute approximate surface area is 148 Å². The van der Waals surface area contributed by atoms with Crippen molar-refractivity contribution >= 4 is 5.70 Å². The van der Waals surface area contributed by atoms with Crippen molar-refractivity contribution in [1.29, 1.82) is 5.26 Å². The van der Waals surface area contributed by atoms with Gasteiger partial charge in [-0.3, -0.25) is 0 Å². The number of benzene rings is 2. The van der Waals surface area contributed by atoms with Gasteiger partial charge in [-0.2, -0.15) is 5.26 Å². The molecule has 2 aromatic rings. The maximum atomic E-state index is 9.11. The van der Waals surface area contributed by atoms with Gasteiger partial charge in [0.25, 0.3) is 0 Å². The molecule has 0 fully saturated rings. The summed E-state index contributed by atoms with van der Waals surface area (Å²) in [5.41, 5.74) is 3.93. The molecule has 1 aliphatic heterocycles. The molecule has 0 aromatic heterocycles. The van der Waals surface area contributed by atoms with Crippen LogP contribution in [0, 0.1) is 11.3 Å². The number of nitrogens with zero attached hydrogens (tertiary/aromatic N) is 1. The van der Waals surface area contributed by atoms with Crippen LogP contribution in [0.4, 0.5) is 0 Å². The minimum atomic E-state index is -0.118. The summed E-state index contributed by atoms with van der Waals surface area (Å²) in [6.07, 6.45) is 2.40. The first-order valence-corrected chi connectivity index (χ1v) is 8.28. The number of nitrogens with one attached hydrogen (secondary N) is 1. The summed E-state index contributed by atoms with van der Waals surface area (Å²) in [6, 6.07) is 16.1. The van der Waals surface area contributed by atoms with E-state index in [2.05, 4.69) is 25.2 Å². The first-order valence-electron chi connectivity index (χ1n) is 8.28. The van der Waals surface area contributed by atoms with E-state index in [4.69, 9.17) is 14.7 Å². The summed E-state index contributed by atoms with van der Waals surface area (Å²) < 4.78 is 11.5. The lowest BCUT2D eigenvalue weighted by molar-refractivity contribution is 0.283. The Bertz CT molecular complexity index is 833. The number of hydrogen-bond acceptors (Lipinski definition) is 4. The largest absolute Gasteiger partial charge is 0.493 e. The van der Waals surface area contributed by atoms with E-state index in [0.717, 1.165) is 28.8 Å². The van der Waals surface area contributed by atoms with Crippen LogP contribution in [0.1, 0.15) is 30.5 Å². The average molecular weight is 334 g/mol. The second-order valence-corrected chi connectivity index (χ2v) is 6.81. The molecule has 0 saturated carbocycles. The zero-order chi connectivity index (χ0) is 17.9. The molecule has 3 rings (SSSR count). The fraction of sp³-hybridized carbons (Fsp3) is 0.286. The van der Waals surface area contributed by atoms with Crippen LogP contribution in [-0.4, -0.2) is 12.6 Å². The lowest BCUT2D eigenvalue weighted by Crippen LogP contribution is -2.43. The van der Waals surface area contributed by atoms with Crippen LogP contribution in [0.3, 0.4) is 0 Å². The van der Waals surface area contributed by atoms with Crippen molar-refractivity contribution in [3.8, 4) is 17.6 Å². The third kappa shape index (κ3) is 3.77. The van der Waals surface area contributed by atoms with Crippen molar-refractivity contribution in [1.82, 2.24) is 5.32 Å². The predicted molar refractivity (Wildman–Crippen MR) is 98.3 cm³/mol. The molecule has 0 amide bonds. The Kier molecular flexibility index (Phi) is 4.67. The van der Waals surface area contributed by atoms with E-state index in [1.165, 1.54) is 0 Å². The molecule has 4 heteroatoms. The van der Waals surface area contributed by atoms with Crippen molar-refractivity contribution in [2.45, 2.75) is 32.4 Å². The van der Waals surface area contributed by atoms with E-state index in [0.29, 0.717) is 18.1 Å². The van der Waals surface area contributed by atoms with Crippen molar-refractivity contribution < 1.29 is 9.47 Å². The van der Waals surface area contributed by atoms with Gasteiger partial charge >= 0.3 is 0 Å². The molecule has 0 aliphatic carbocycles. The van der Waals surface area contributed by atoms with Gasteiger partial charge in [0, 0.05) is 17.2 Å². The minimum absolute atomic E-state index is 0.118. The third-order valence-corrected chi connectivity index (χ3v) is 4.23. The smallest absolute Gasteiger partial charge is 0.162 e. The van der Waals surface area contributed by atoms with Gasteiger partial charge in [-0.1, -0.05) is 30.3 Å². The van der Waals surface area contributed by atoms with Crippen molar-refractivity contribution in [3.63, 3.8) is 0 Å². The zero-order valence-corrected chi connectivity index (χ0v) is 14.8. The van der Waals surface area contributed by atoms with Crippen LogP contribution < -0.4 is 14.8 Å². The van der Waals surface area contributed by atoms with Gasteiger partial charge in [0.15, 0.2) is 11.5 Å². The number of hydrogen-bond donors (Lipinski definition) is 1. The van der Waals surface area contributed by atoms with E-state index >= 15 is 0 Å². The van der Waals surface area contributed by atoms with Crippen LogP contribution in [0.15, 0.2) is 48.5 Å². The van der Waals surface area contributed by atoms with Crippen LogP contribution in [-0.2, 0) is 13.0 Å². The Morgan fingerprint density at radius 3 is 2.64 bits per heavy atom. The van der Waals surface area contributed by atoms with Gasteiger partial charge in [-0.05, 0) is 43.5 Å². The van der Waals surface area contributed by atoms with Gasteiger partial charge < -0.3 is 14.8 Å². The molecule has 2 aromatic carbocycles. The highest BCUT2D eigenvalue weighted by Crippen LogP contribution is 2.38. The van der Waals surface area contributed by atoms with Crippen molar-refractivity contribution in [2.75, 3.05) is 7.11 Å². The number of allylic oxidation sites excluding steroid dienone is 1. The SMILES string of the molecule is COc1cc2c(cc1OCc1ccccc1)C(=CC#N)NC(C)(C)C2. The summed E-state index contributed by atoms with van der Waals surface area (Å²) in [4.78, 5) is 0. The molecule has 0 radical (unpaired) electrons. The first kappa shape index (κ1) is 16.9. The molecular formula is C21H22N2O2. The molecule has 0 saturated heterocycles. The maximum absolute atomic E-state index is 9.11. The minimum Gasteiger partial charge on any atom is -0.493 e. The molecule has 1 aliphatic rings. The summed E-state index contributed by atoms with van der Waals surface area (Å²) >= 11 is 0. The van der Waals surface area contributed by atoms with Gasteiger partial charge in [0.2, 0.25) is 0 Å². The predicted octanol–water partition coefficient (Wildman–Crippen LogP) is 4.06. The highest BCUT2D eigenvalue weighted by atomic mass is 16.5.